The molecule has 2 aromatic rings. The van der Waals surface area contributed by atoms with Gasteiger partial charge in [-0.2, -0.15) is 0 Å². The molecule has 0 radical (unpaired) electrons. The lowest BCUT2D eigenvalue weighted by atomic mass is 10.2. The van der Waals surface area contributed by atoms with E-state index < -0.39 is 0 Å². The van der Waals surface area contributed by atoms with Crippen LogP contribution in [0, 0.1) is 0 Å². The summed E-state index contributed by atoms with van der Waals surface area (Å²) in [4.78, 5) is 16.3. The van der Waals surface area contributed by atoms with Gasteiger partial charge in [-0.05, 0) is 49.2 Å². The van der Waals surface area contributed by atoms with E-state index >= 15 is 0 Å². The molecule has 2 aromatic carbocycles. The van der Waals surface area contributed by atoms with Crippen LogP contribution in [-0.4, -0.2) is 44.3 Å². The Morgan fingerprint density at radius 1 is 0.966 bits per heavy atom. The van der Waals surface area contributed by atoms with Gasteiger partial charge in [0.15, 0.2) is 0 Å². The maximum Gasteiger partial charge on any atom is 0.324 e. The molecule has 1 heterocycles. The summed E-state index contributed by atoms with van der Waals surface area (Å²) in [6, 6.07) is 12.9. The quantitative estimate of drug-likeness (QED) is 0.436. The smallest absolute Gasteiger partial charge is 0.324 e. The predicted octanol–water partition coefficient (Wildman–Crippen LogP) is 5.88. The van der Waals surface area contributed by atoms with Gasteiger partial charge < -0.3 is 14.4 Å². The number of anilines is 1. The van der Waals surface area contributed by atoms with Crippen molar-refractivity contribution in [2.75, 3.05) is 38.3 Å². The van der Waals surface area contributed by atoms with Crippen LogP contribution in [0.1, 0.15) is 25.7 Å². The van der Waals surface area contributed by atoms with Crippen LogP contribution in [0.25, 0.3) is 0 Å². The number of benzene rings is 2. The van der Waals surface area contributed by atoms with E-state index in [4.69, 9.17) is 32.7 Å². The molecule has 1 aliphatic heterocycles. The van der Waals surface area contributed by atoms with E-state index in [1.807, 2.05) is 46.2 Å². The van der Waals surface area contributed by atoms with Crippen LogP contribution in [0.4, 0.5) is 10.5 Å². The molecule has 2 amide bonds. The third kappa shape index (κ3) is 5.94. The summed E-state index contributed by atoms with van der Waals surface area (Å²) in [7, 11) is 1.61. The number of unbranched alkanes of at least 4 members (excludes halogenated alkanes) is 3. The van der Waals surface area contributed by atoms with Gasteiger partial charge in [0, 0.05) is 36.4 Å². The van der Waals surface area contributed by atoms with E-state index in [0.717, 1.165) is 51.0 Å². The number of halogens is 2. The van der Waals surface area contributed by atoms with Gasteiger partial charge in [-0.3, -0.25) is 4.90 Å². The second-order valence-corrected chi connectivity index (χ2v) is 7.80. The Kier molecular flexibility index (Phi) is 7.90. The van der Waals surface area contributed by atoms with Gasteiger partial charge in [-0.1, -0.05) is 36.0 Å². The van der Waals surface area contributed by atoms with E-state index in [9.17, 15) is 4.79 Å². The van der Waals surface area contributed by atoms with E-state index in [-0.39, 0.29) is 6.03 Å². The number of amides is 2. The third-order valence-corrected chi connectivity index (χ3v) is 5.50. The highest BCUT2D eigenvalue weighted by molar-refractivity contribution is 6.32. The number of carbonyl (C=O) groups excluding carboxylic acids is 1. The van der Waals surface area contributed by atoms with Crippen LogP contribution in [0.5, 0.6) is 11.5 Å². The Morgan fingerprint density at radius 2 is 1.72 bits per heavy atom. The van der Waals surface area contributed by atoms with Crippen molar-refractivity contribution < 1.29 is 14.3 Å². The van der Waals surface area contributed by atoms with Crippen LogP contribution in [0.3, 0.4) is 0 Å². The van der Waals surface area contributed by atoms with Crippen LogP contribution in [0.15, 0.2) is 42.5 Å². The van der Waals surface area contributed by atoms with Gasteiger partial charge in [-0.25, -0.2) is 4.79 Å². The number of rotatable bonds is 10. The molecule has 1 saturated heterocycles. The SMILES string of the molecule is COc1ccc(OCCCCCCN2CCN(c3ccc(Cl)cc3)C2=O)c(Cl)c1. The molecule has 156 valence electrons. The highest BCUT2D eigenvalue weighted by Gasteiger charge is 2.28. The van der Waals surface area contributed by atoms with Crippen molar-refractivity contribution in [3.63, 3.8) is 0 Å². The molecule has 0 N–H and O–H groups in total. The van der Waals surface area contributed by atoms with Crippen LogP contribution < -0.4 is 14.4 Å². The normalized spacial score (nSPS) is 13.8. The summed E-state index contributed by atoms with van der Waals surface area (Å²) >= 11 is 12.1. The fraction of sp³-hybridized carbons (Fsp3) is 0.409. The largest absolute Gasteiger partial charge is 0.497 e. The second-order valence-electron chi connectivity index (χ2n) is 6.96. The van der Waals surface area contributed by atoms with Gasteiger partial charge in [-0.15, -0.1) is 0 Å². The molecule has 29 heavy (non-hydrogen) atoms. The number of hydrogen-bond donors (Lipinski definition) is 0. The Labute approximate surface area is 182 Å². The molecule has 0 unspecified atom stereocenters. The van der Waals surface area contributed by atoms with Crippen molar-refractivity contribution in [2.45, 2.75) is 25.7 Å². The molecule has 0 spiro atoms. The number of hydrogen-bond acceptors (Lipinski definition) is 3. The molecule has 1 aliphatic rings. The molecule has 0 aromatic heterocycles. The monoisotopic (exact) mass is 436 g/mol. The summed E-state index contributed by atoms with van der Waals surface area (Å²) < 4.78 is 10.9. The number of ether oxygens (including phenoxy) is 2. The zero-order valence-corrected chi connectivity index (χ0v) is 18.1. The minimum absolute atomic E-state index is 0.0739. The number of nitrogens with zero attached hydrogens (tertiary/aromatic N) is 2. The average Bonchev–Trinajstić information content (AvgIpc) is 3.09. The zero-order valence-electron chi connectivity index (χ0n) is 16.6. The standard InChI is InChI=1S/C22H26Cl2N2O3/c1-28-19-10-11-21(20(24)16-19)29-15-5-3-2-4-12-25-13-14-26(22(25)27)18-8-6-17(23)7-9-18/h6-11,16H,2-5,12-15H2,1H3. The van der Waals surface area contributed by atoms with E-state index in [1.165, 1.54) is 0 Å². The van der Waals surface area contributed by atoms with Crippen molar-refractivity contribution in [3.8, 4) is 11.5 Å². The summed E-state index contributed by atoms with van der Waals surface area (Å²) in [5, 5.41) is 1.23. The highest BCUT2D eigenvalue weighted by Crippen LogP contribution is 2.29. The van der Waals surface area contributed by atoms with E-state index in [1.54, 1.807) is 13.2 Å². The fourth-order valence-corrected chi connectivity index (χ4v) is 3.67. The summed E-state index contributed by atoms with van der Waals surface area (Å²) in [6.45, 7) is 2.89. The van der Waals surface area contributed by atoms with Crippen LogP contribution in [-0.2, 0) is 0 Å². The van der Waals surface area contributed by atoms with Gasteiger partial charge in [0.1, 0.15) is 11.5 Å². The van der Waals surface area contributed by atoms with Gasteiger partial charge in [0.05, 0.1) is 18.7 Å². The highest BCUT2D eigenvalue weighted by atomic mass is 35.5. The maximum atomic E-state index is 12.6. The van der Waals surface area contributed by atoms with Gasteiger partial charge >= 0.3 is 6.03 Å². The van der Waals surface area contributed by atoms with E-state index in [2.05, 4.69) is 0 Å². The molecule has 0 aliphatic carbocycles. The molecule has 7 heteroatoms. The molecule has 1 fully saturated rings. The lowest BCUT2D eigenvalue weighted by Crippen LogP contribution is -2.32. The van der Waals surface area contributed by atoms with E-state index in [0.29, 0.717) is 28.2 Å². The second kappa shape index (κ2) is 10.6. The summed E-state index contributed by atoms with van der Waals surface area (Å²) in [5.41, 5.74) is 0.899. The predicted molar refractivity (Wildman–Crippen MR) is 118 cm³/mol. The first-order valence-corrected chi connectivity index (χ1v) is 10.6. The first-order valence-electron chi connectivity index (χ1n) is 9.87. The Bertz CT molecular complexity index is 814. The number of methoxy groups -OCH3 is 1. The molecule has 0 atom stereocenters. The average molecular weight is 437 g/mol. The van der Waals surface area contributed by atoms with Crippen molar-refractivity contribution in [2.24, 2.45) is 0 Å². The molecular formula is C22H26Cl2N2O3. The first-order chi connectivity index (χ1) is 14.1. The lowest BCUT2D eigenvalue weighted by Gasteiger charge is -2.18. The molecule has 3 rings (SSSR count). The van der Waals surface area contributed by atoms with Crippen molar-refractivity contribution in [1.82, 2.24) is 4.90 Å². The molecule has 0 saturated carbocycles. The van der Waals surface area contributed by atoms with Gasteiger partial charge in [0.2, 0.25) is 0 Å². The zero-order chi connectivity index (χ0) is 20.6. The number of urea groups is 1. The Balaban J connectivity index is 1.31. The maximum absolute atomic E-state index is 12.6. The minimum atomic E-state index is 0.0739. The third-order valence-electron chi connectivity index (χ3n) is 4.95. The molecular weight excluding hydrogens is 411 g/mol. The lowest BCUT2D eigenvalue weighted by molar-refractivity contribution is 0.219. The fourth-order valence-electron chi connectivity index (χ4n) is 3.32. The molecule has 5 nitrogen and oxygen atoms in total. The van der Waals surface area contributed by atoms with Crippen molar-refractivity contribution >= 4 is 34.9 Å². The summed E-state index contributed by atoms with van der Waals surface area (Å²) in [6.07, 6.45) is 4.05. The first kappa shape index (κ1) is 21.6. The van der Waals surface area contributed by atoms with Crippen LogP contribution in [0.2, 0.25) is 10.0 Å². The van der Waals surface area contributed by atoms with Gasteiger partial charge in [0.25, 0.3) is 0 Å². The topological polar surface area (TPSA) is 42.0 Å². The van der Waals surface area contributed by atoms with Crippen molar-refractivity contribution in [3.05, 3.63) is 52.5 Å². The Hall–Kier alpha value is -2.11. The molecule has 0 bridgehead atoms. The minimum Gasteiger partial charge on any atom is -0.497 e. The van der Waals surface area contributed by atoms with Crippen molar-refractivity contribution in [1.29, 1.82) is 0 Å². The number of carbonyl (C=O) groups is 1. The van der Waals surface area contributed by atoms with Crippen LogP contribution >= 0.6 is 23.2 Å². The Morgan fingerprint density at radius 3 is 2.45 bits per heavy atom. The summed E-state index contributed by atoms with van der Waals surface area (Å²) in [5.74, 6) is 1.39.